The summed E-state index contributed by atoms with van der Waals surface area (Å²) in [6.45, 7) is 11.2. The molecular weight excluding hydrogens is 650 g/mol. The van der Waals surface area contributed by atoms with E-state index < -0.39 is 88.6 Å². The Morgan fingerprint density at radius 2 is 1.58 bits per heavy atom. The molecule has 3 heterocycles. The fourth-order valence-electron chi connectivity index (χ4n) is 6.84. The Hall–Kier alpha value is -4.59. The number of aromatic hydroxyl groups is 3. The summed E-state index contributed by atoms with van der Waals surface area (Å²) in [5.74, 6) is -9.04. The van der Waals surface area contributed by atoms with Gasteiger partial charge < -0.3 is 49.8 Å². The fourth-order valence-corrected chi connectivity index (χ4v) is 6.84. The predicted octanol–water partition coefficient (Wildman–Crippen LogP) is 4.61. The highest BCUT2D eigenvalue weighted by atomic mass is 16.7. The van der Waals surface area contributed by atoms with Gasteiger partial charge in [-0.05, 0) is 31.8 Å². The monoisotopic (exact) mass is 697 g/mol. The molecule has 1 amide bonds. The standard InChI is InChI=1S/C37H47NO12/c1-16-11-10-12-17(2)35(45)38-22-15-23(39)26-27(32(22)43)31(42)21(6)33-28(26)34(44)37(7,50-33)49-14-13-24(47-8)18(3)25(36(46)48-9)19(4)30(41)20(5)29(16)40/h10-16,18-20,24-25,29-30,39-43H,1-9H3,(H,38,45)/t16?,18?,19?,20?,24?,25?,29?,30?,37-/m0/s1. The number of Topliss-reactive ketones (excluding diaryl/α,β-unsaturated/α-hetero) is 1. The third-order valence-electron chi connectivity index (χ3n) is 10.1. The quantitative estimate of drug-likeness (QED) is 0.145. The van der Waals surface area contributed by atoms with Crippen LogP contribution >= 0.6 is 0 Å². The first kappa shape index (κ1) is 38.2. The molecule has 0 aliphatic carbocycles. The molecule has 0 aromatic heterocycles. The third-order valence-corrected chi connectivity index (χ3v) is 10.1. The minimum absolute atomic E-state index is 0.0736. The van der Waals surface area contributed by atoms with Crippen molar-refractivity contribution in [3.63, 3.8) is 0 Å². The van der Waals surface area contributed by atoms with Crippen molar-refractivity contribution in [3.05, 3.63) is 53.3 Å². The van der Waals surface area contributed by atoms with Gasteiger partial charge in [-0.15, -0.1) is 0 Å². The Bertz CT molecular complexity index is 1760. The number of aliphatic hydroxyl groups excluding tert-OH is 2. The van der Waals surface area contributed by atoms with E-state index in [1.54, 1.807) is 39.8 Å². The maximum Gasteiger partial charge on any atom is 0.312 e. The summed E-state index contributed by atoms with van der Waals surface area (Å²) in [4.78, 5) is 40.2. The van der Waals surface area contributed by atoms with E-state index in [1.807, 2.05) is 0 Å². The van der Waals surface area contributed by atoms with Crippen molar-refractivity contribution in [2.24, 2.45) is 29.6 Å². The Labute approximate surface area is 290 Å². The van der Waals surface area contributed by atoms with Crippen LogP contribution in [0.1, 0.15) is 57.5 Å². The van der Waals surface area contributed by atoms with Gasteiger partial charge in [0.2, 0.25) is 0 Å². The number of amides is 1. The average Bonchev–Trinajstić information content (AvgIpc) is 3.34. The molecule has 9 atom stereocenters. The van der Waals surface area contributed by atoms with Crippen molar-refractivity contribution in [2.75, 3.05) is 19.5 Å². The second kappa shape index (κ2) is 14.7. The first-order valence-electron chi connectivity index (χ1n) is 16.4. The SMILES string of the molecule is COC(=O)C1C(C)C(OC)C=CO[C@@]2(C)Oc3c(C)c(O)c4c(O)c(cc(O)c4c3C2=O)NC(=O)C(C)=CC=CC(C)C(O)C(C)C(O)C1C. The summed E-state index contributed by atoms with van der Waals surface area (Å²) in [5.41, 5.74) is -0.105. The van der Waals surface area contributed by atoms with E-state index in [0.717, 1.165) is 6.07 Å². The normalized spacial score (nSPS) is 30.9. The van der Waals surface area contributed by atoms with Crippen LogP contribution in [0.2, 0.25) is 0 Å². The number of rotatable bonds is 2. The van der Waals surface area contributed by atoms with E-state index in [2.05, 4.69) is 5.32 Å². The van der Waals surface area contributed by atoms with Gasteiger partial charge in [0.15, 0.2) is 5.75 Å². The number of benzene rings is 2. The van der Waals surface area contributed by atoms with Crippen LogP contribution < -0.4 is 10.1 Å². The number of aliphatic hydroxyl groups is 2. The number of fused-ring (bicyclic) bond motifs is 14. The number of esters is 1. The van der Waals surface area contributed by atoms with Crippen molar-refractivity contribution in [2.45, 2.75) is 72.6 Å². The third kappa shape index (κ3) is 6.77. The molecule has 2 aromatic carbocycles. The zero-order valence-corrected chi connectivity index (χ0v) is 29.7. The highest BCUT2D eigenvalue weighted by Crippen LogP contribution is 2.53. The van der Waals surface area contributed by atoms with Gasteiger partial charge in [-0.25, -0.2) is 0 Å². The molecule has 0 saturated heterocycles. The second-order valence-electron chi connectivity index (χ2n) is 13.4. The second-order valence-corrected chi connectivity index (χ2v) is 13.4. The number of hydrogen-bond donors (Lipinski definition) is 6. The van der Waals surface area contributed by atoms with Crippen molar-refractivity contribution in [3.8, 4) is 23.0 Å². The summed E-state index contributed by atoms with van der Waals surface area (Å²) < 4.78 is 22.6. The van der Waals surface area contributed by atoms with Crippen LogP contribution in [-0.2, 0) is 23.8 Å². The minimum Gasteiger partial charge on any atom is -0.507 e. The number of nitrogens with one attached hydrogen (secondary N) is 1. The Kier molecular flexibility index (Phi) is 11.2. The molecule has 2 aromatic rings. The van der Waals surface area contributed by atoms with Crippen LogP contribution in [0.25, 0.3) is 10.8 Å². The lowest BCUT2D eigenvalue weighted by molar-refractivity contribution is -0.155. The lowest BCUT2D eigenvalue weighted by Crippen LogP contribution is -2.45. The van der Waals surface area contributed by atoms with Gasteiger partial charge in [0.25, 0.3) is 11.7 Å². The number of anilines is 1. The highest BCUT2D eigenvalue weighted by molar-refractivity contribution is 6.21. The van der Waals surface area contributed by atoms with Crippen molar-refractivity contribution in [1.29, 1.82) is 0 Å². The fraction of sp³-hybridized carbons (Fsp3) is 0.486. The molecule has 0 radical (unpaired) electrons. The molecule has 8 unspecified atom stereocenters. The first-order valence-corrected chi connectivity index (χ1v) is 16.4. The van der Waals surface area contributed by atoms with Crippen LogP contribution in [0.15, 0.2) is 42.2 Å². The summed E-state index contributed by atoms with van der Waals surface area (Å²) in [5, 5.41) is 58.2. The Morgan fingerprint density at radius 1 is 0.920 bits per heavy atom. The number of ether oxygens (including phenoxy) is 4. The molecule has 50 heavy (non-hydrogen) atoms. The molecular formula is C37H47NO12. The molecule has 5 bridgehead atoms. The number of ketones is 1. The molecule has 5 rings (SSSR count). The molecule has 13 heteroatoms. The molecule has 3 aliphatic heterocycles. The van der Waals surface area contributed by atoms with Gasteiger partial charge >= 0.3 is 11.8 Å². The van der Waals surface area contributed by atoms with Gasteiger partial charge in [0.05, 0.1) is 54.2 Å². The molecule has 272 valence electrons. The molecule has 0 fully saturated rings. The first-order chi connectivity index (χ1) is 23.4. The smallest absolute Gasteiger partial charge is 0.312 e. The Balaban J connectivity index is 1.88. The van der Waals surface area contributed by atoms with Crippen LogP contribution in [0.3, 0.4) is 0 Å². The van der Waals surface area contributed by atoms with Crippen LogP contribution in [-0.4, -0.2) is 81.5 Å². The number of phenols is 3. The summed E-state index contributed by atoms with van der Waals surface area (Å²) in [7, 11) is 2.66. The minimum atomic E-state index is -1.99. The maximum atomic E-state index is 13.9. The van der Waals surface area contributed by atoms with E-state index in [0.29, 0.717) is 0 Å². The van der Waals surface area contributed by atoms with Gasteiger partial charge in [0, 0.05) is 48.5 Å². The number of hydrogen-bond acceptors (Lipinski definition) is 12. The predicted molar refractivity (Wildman–Crippen MR) is 184 cm³/mol. The van der Waals surface area contributed by atoms with E-state index >= 15 is 0 Å². The number of carbonyl (C=O) groups excluding carboxylic acids is 3. The number of phenolic OH excluding ortho intramolecular Hbond substituents is 3. The largest absolute Gasteiger partial charge is 0.507 e. The van der Waals surface area contributed by atoms with E-state index in [9.17, 15) is 39.9 Å². The lowest BCUT2D eigenvalue weighted by Gasteiger charge is -2.37. The molecule has 6 N–H and O–H groups in total. The maximum absolute atomic E-state index is 13.9. The van der Waals surface area contributed by atoms with Gasteiger partial charge in [0.1, 0.15) is 17.2 Å². The van der Waals surface area contributed by atoms with Crippen LogP contribution in [0.5, 0.6) is 23.0 Å². The zero-order valence-electron chi connectivity index (χ0n) is 29.7. The molecule has 3 aliphatic rings. The number of allylic oxidation sites excluding steroid dienone is 2. The molecule has 0 spiro atoms. The van der Waals surface area contributed by atoms with Crippen molar-refractivity contribution < 1.29 is 58.9 Å². The van der Waals surface area contributed by atoms with Crippen LogP contribution in [0.4, 0.5) is 5.69 Å². The summed E-state index contributed by atoms with van der Waals surface area (Å²) in [6, 6.07) is 1.06. The van der Waals surface area contributed by atoms with Crippen LogP contribution in [0, 0.1) is 36.5 Å². The van der Waals surface area contributed by atoms with E-state index in [-0.39, 0.29) is 38.9 Å². The van der Waals surface area contributed by atoms with Crippen molar-refractivity contribution >= 4 is 34.1 Å². The van der Waals surface area contributed by atoms with Gasteiger partial charge in [-0.2, -0.15) is 0 Å². The van der Waals surface area contributed by atoms with Gasteiger partial charge in [-0.3, -0.25) is 14.4 Å². The summed E-state index contributed by atoms with van der Waals surface area (Å²) >= 11 is 0. The van der Waals surface area contributed by atoms with E-state index in [1.165, 1.54) is 53.4 Å². The number of methoxy groups -OCH3 is 2. The van der Waals surface area contributed by atoms with Crippen molar-refractivity contribution in [1.82, 2.24) is 0 Å². The number of carbonyl (C=O) groups is 3. The summed E-state index contributed by atoms with van der Waals surface area (Å²) in [6.07, 6.45) is 4.39. The molecule has 13 nitrogen and oxygen atoms in total. The molecule has 0 saturated carbocycles. The average molecular weight is 698 g/mol. The lowest BCUT2D eigenvalue weighted by atomic mass is 9.73. The van der Waals surface area contributed by atoms with E-state index in [4.69, 9.17) is 18.9 Å². The topological polar surface area (TPSA) is 201 Å². The Morgan fingerprint density at radius 3 is 2.20 bits per heavy atom. The highest BCUT2D eigenvalue weighted by Gasteiger charge is 2.49. The van der Waals surface area contributed by atoms with Gasteiger partial charge in [-0.1, -0.05) is 45.9 Å². The zero-order chi connectivity index (χ0) is 37.4.